The van der Waals surface area contributed by atoms with Gasteiger partial charge in [-0.3, -0.25) is 0 Å². The highest BCUT2D eigenvalue weighted by atomic mass is 15.0. The number of nitrogens with zero attached hydrogens (tertiary/aromatic N) is 4. The Morgan fingerprint density at radius 1 is 0.306 bits per heavy atom. The Morgan fingerprint density at radius 2 is 0.726 bits per heavy atom. The summed E-state index contributed by atoms with van der Waals surface area (Å²) in [5.41, 5.74) is 15.6. The summed E-state index contributed by atoms with van der Waals surface area (Å²) in [7, 11) is 0. The Hall–Kier alpha value is -8.21. The van der Waals surface area contributed by atoms with Crippen LogP contribution in [-0.4, -0.2) is 19.5 Å². The Bertz CT molecular complexity index is 3330. The number of hydrogen-bond donors (Lipinski definition) is 0. The fourth-order valence-corrected chi connectivity index (χ4v) is 9.75. The molecule has 0 unspecified atom stereocenters. The van der Waals surface area contributed by atoms with Crippen LogP contribution in [0.15, 0.2) is 231 Å². The van der Waals surface area contributed by atoms with Gasteiger partial charge < -0.3 is 4.57 Å². The van der Waals surface area contributed by atoms with Crippen molar-refractivity contribution >= 4 is 21.8 Å². The summed E-state index contributed by atoms with van der Waals surface area (Å²) < 4.78 is 2.44. The monoisotopic (exact) mass is 790 g/mol. The van der Waals surface area contributed by atoms with Gasteiger partial charge in [-0.25, -0.2) is 15.0 Å². The molecule has 62 heavy (non-hydrogen) atoms. The molecule has 290 valence electrons. The largest absolute Gasteiger partial charge is 0.309 e. The van der Waals surface area contributed by atoms with Gasteiger partial charge in [0.05, 0.1) is 16.4 Å². The maximum atomic E-state index is 5.04. The van der Waals surface area contributed by atoms with Crippen molar-refractivity contribution in [1.82, 2.24) is 19.5 Å². The molecule has 0 spiro atoms. The minimum Gasteiger partial charge on any atom is -0.309 e. The lowest BCUT2D eigenvalue weighted by molar-refractivity contribution is 0.769. The SMILES string of the molecule is c1ccc(-c2ccc3c4ccc(C5(c6ccccc6)c6ccccc6-c6ccccc65)cc4n(-c4ccc(-c5nc(-c6ccccc6)nc(-c6ccccc6)n5)cc4)c3c2)cc1. The fourth-order valence-electron chi connectivity index (χ4n) is 9.75. The van der Waals surface area contributed by atoms with Crippen molar-refractivity contribution in [3.8, 4) is 62.1 Å². The molecule has 0 saturated heterocycles. The molecule has 12 rings (SSSR count). The highest BCUT2D eigenvalue weighted by Crippen LogP contribution is 2.56. The summed E-state index contributed by atoms with van der Waals surface area (Å²) in [6.45, 7) is 0. The lowest BCUT2D eigenvalue weighted by Crippen LogP contribution is -2.28. The average Bonchev–Trinajstić information content (AvgIpc) is 3.85. The molecule has 0 atom stereocenters. The van der Waals surface area contributed by atoms with Crippen LogP contribution in [0.3, 0.4) is 0 Å². The van der Waals surface area contributed by atoms with Crippen LogP contribution in [-0.2, 0) is 5.41 Å². The van der Waals surface area contributed by atoms with Crippen LogP contribution >= 0.6 is 0 Å². The minimum absolute atomic E-state index is 0.519. The van der Waals surface area contributed by atoms with Gasteiger partial charge in [0.15, 0.2) is 17.5 Å². The smallest absolute Gasteiger partial charge is 0.164 e. The summed E-state index contributed by atoms with van der Waals surface area (Å²) in [6.07, 6.45) is 0. The third-order valence-electron chi connectivity index (χ3n) is 12.5. The van der Waals surface area contributed by atoms with Gasteiger partial charge in [0.1, 0.15) is 0 Å². The molecular formula is C58H38N4. The van der Waals surface area contributed by atoms with Crippen LogP contribution in [0.1, 0.15) is 22.3 Å². The quantitative estimate of drug-likeness (QED) is 0.161. The number of benzene rings is 9. The molecule has 0 bridgehead atoms. The van der Waals surface area contributed by atoms with Crippen molar-refractivity contribution in [3.63, 3.8) is 0 Å². The highest BCUT2D eigenvalue weighted by molar-refractivity contribution is 6.10. The van der Waals surface area contributed by atoms with E-state index < -0.39 is 5.41 Å². The van der Waals surface area contributed by atoms with Crippen LogP contribution in [0.2, 0.25) is 0 Å². The third-order valence-corrected chi connectivity index (χ3v) is 12.5. The van der Waals surface area contributed by atoms with Gasteiger partial charge in [-0.05, 0) is 80.9 Å². The molecule has 0 saturated carbocycles. The second-order valence-corrected chi connectivity index (χ2v) is 16.0. The molecule has 0 N–H and O–H groups in total. The first-order valence-electron chi connectivity index (χ1n) is 21.1. The van der Waals surface area contributed by atoms with Gasteiger partial charge in [0.25, 0.3) is 0 Å². The van der Waals surface area contributed by atoms with Gasteiger partial charge in [-0.15, -0.1) is 0 Å². The van der Waals surface area contributed by atoms with E-state index in [9.17, 15) is 0 Å². The third kappa shape index (κ3) is 5.65. The molecule has 0 amide bonds. The predicted molar refractivity (Wildman–Crippen MR) is 253 cm³/mol. The molecule has 4 heteroatoms. The zero-order chi connectivity index (χ0) is 41.0. The lowest BCUT2D eigenvalue weighted by Gasteiger charge is -2.34. The predicted octanol–water partition coefficient (Wildman–Crippen LogP) is 14.0. The summed E-state index contributed by atoms with van der Waals surface area (Å²) in [4.78, 5) is 15.0. The highest BCUT2D eigenvalue weighted by Gasteiger charge is 2.46. The van der Waals surface area contributed by atoms with Crippen molar-refractivity contribution in [1.29, 1.82) is 0 Å². The minimum atomic E-state index is -0.519. The van der Waals surface area contributed by atoms with Crippen molar-refractivity contribution < 1.29 is 0 Å². The Labute approximate surface area is 360 Å². The van der Waals surface area contributed by atoms with E-state index in [4.69, 9.17) is 15.0 Å². The summed E-state index contributed by atoms with van der Waals surface area (Å²) in [5, 5.41) is 2.40. The number of rotatable bonds is 7. The molecule has 4 nitrogen and oxygen atoms in total. The first-order valence-corrected chi connectivity index (χ1v) is 21.1. The van der Waals surface area contributed by atoms with E-state index in [1.54, 1.807) is 0 Å². The zero-order valence-electron chi connectivity index (χ0n) is 33.7. The number of aromatic nitrogens is 4. The number of hydrogen-bond acceptors (Lipinski definition) is 3. The molecule has 1 aliphatic carbocycles. The van der Waals surface area contributed by atoms with Crippen LogP contribution in [0.25, 0.3) is 83.9 Å². The Balaban J connectivity index is 1.08. The molecule has 0 radical (unpaired) electrons. The van der Waals surface area contributed by atoms with Crippen LogP contribution < -0.4 is 0 Å². The van der Waals surface area contributed by atoms with Crippen molar-refractivity contribution in [3.05, 3.63) is 253 Å². The lowest BCUT2D eigenvalue weighted by atomic mass is 9.67. The van der Waals surface area contributed by atoms with Gasteiger partial charge in [0, 0.05) is 33.2 Å². The molecule has 1 aliphatic rings. The van der Waals surface area contributed by atoms with E-state index in [-0.39, 0.29) is 0 Å². The first kappa shape index (κ1) is 35.7. The van der Waals surface area contributed by atoms with Crippen LogP contribution in [0.4, 0.5) is 0 Å². The van der Waals surface area contributed by atoms with Gasteiger partial charge in [-0.1, -0.05) is 194 Å². The summed E-state index contributed by atoms with van der Waals surface area (Å²) in [5.74, 6) is 1.91. The Kier molecular flexibility index (Phi) is 8.36. The van der Waals surface area contributed by atoms with E-state index in [0.717, 1.165) is 33.4 Å². The van der Waals surface area contributed by atoms with E-state index in [0.29, 0.717) is 17.5 Å². The van der Waals surface area contributed by atoms with Gasteiger partial charge >= 0.3 is 0 Å². The second kappa shape index (κ2) is 14.5. The van der Waals surface area contributed by atoms with Gasteiger partial charge in [-0.2, -0.15) is 0 Å². The van der Waals surface area contributed by atoms with E-state index in [1.807, 2.05) is 60.7 Å². The molecule has 9 aromatic carbocycles. The van der Waals surface area contributed by atoms with Gasteiger partial charge in [0.2, 0.25) is 0 Å². The second-order valence-electron chi connectivity index (χ2n) is 16.0. The molecular weight excluding hydrogens is 753 g/mol. The first-order chi connectivity index (χ1) is 30.7. The molecule has 2 heterocycles. The summed E-state index contributed by atoms with van der Waals surface area (Å²) >= 11 is 0. The molecule has 0 aliphatic heterocycles. The van der Waals surface area contributed by atoms with Crippen LogP contribution in [0, 0.1) is 0 Å². The summed E-state index contributed by atoms with van der Waals surface area (Å²) in [6, 6.07) is 82.5. The maximum absolute atomic E-state index is 5.04. The normalized spacial score (nSPS) is 12.6. The molecule has 0 fully saturated rings. The fraction of sp³-hybridized carbons (Fsp3) is 0.0172. The topological polar surface area (TPSA) is 43.6 Å². The molecule has 11 aromatic rings. The standard InChI is InChI=1S/C58H38N4/c1-5-17-39(18-6-1)43-31-35-49-50-36-32-45(58(44-23-11-4-12-24-44)51-27-15-13-25-47(51)48-26-14-16-28-52(48)58)38-54(50)62(53(49)37-43)46-33-29-42(30-34-46)57-60-55(40-19-7-2-8-20-40)59-56(61-57)41-21-9-3-10-22-41/h1-38H. The van der Waals surface area contributed by atoms with Crippen molar-refractivity contribution in [2.75, 3.05) is 0 Å². The van der Waals surface area contributed by atoms with Crippen LogP contribution in [0.5, 0.6) is 0 Å². The average molecular weight is 791 g/mol. The zero-order valence-corrected chi connectivity index (χ0v) is 33.7. The maximum Gasteiger partial charge on any atom is 0.164 e. The van der Waals surface area contributed by atoms with E-state index in [2.05, 4.69) is 174 Å². The van der Waals surface area contributed by atoms with Crippen molar-refractivity contribution in [2.24, 2.45) is 0 Å². The van der Waals surface area contributed by atoms with E-state index >= 15 is 0 Å². The molecule has 2 aromatic heterocycles. The Morgan fingerprint density at radius 3 is 1.27 bits per heavy atom. The van der Waals surface area contributed by atoms with E-state index in [1.165, 1.54) is 55.3 Å². The number of fused-ring (bicyclic) bond motifs is 6. The van der Waals surface area contributed by atoms with Crippen molar-refractivity contribution in [2.45, 2.75) is 5.41 Å².